The van der Waals surface area contributed by atoms with E-state index in [1.165, 1.54) is 0 Å². The van der Waals surface area contributed by atoms with Crippen molar-refractivity contribution in [3.63, 3.8) is 0 Å². The Balaban J connectivity index is 3.56. The van der Waals surface area contributed by atoms with E-state index in [9.17, 15) is 4.79 Å². The highest BCUT2D eigenvalue weighted by atomic mass is 16.4. The van der Waals surface area contributed by atoms with Gasteiger partial charge in [0.15, 0.2) is 0 Å². The summed E-state index contributed by atoms with van der Waals surface area (Å²) in [6.45, 7) is 3.66. The van der Waals surface area contributed by atoms with Gasteiger partial charge in [0.05, 0.1) is 0 Å². The molecule has 0 heterocycles. The van der Waals surface area contributed by atoms with E-state index in [2.05, 4.69) is 5.10 Å². The van der Waals surface area contributed by atoms with Crippen molar-refractivity contribution in [3.05, 3.63) is 0 Å². The molecule has 0 unspecified atom stereocenters. The average molecular weight is 130 g/mol. The number of carboxylic acid groups (broad SMARTS) is 1. The Kier molecular flexibility index (Phi) is 3.43. The summed E-state index contributed by atoms with van der Waals surface area (Å²) in [4.78, 5) is 9.80. The van der Waals surface area contributed by atoms with Gasteiger partial charge in [0.25, 0.3) is 0 Å². The summed E-state index contributed by atoms with van der Waals surface area (Å²) in [6, 6.07) is 0. The zero-order chi connectivity index (χ0) is 7.28. The first kappa shape index (κ1) is 7.94. The SMILES string of the molecule is CC/C(C)=N\NC(=O)O. The normalized spacial score (nSPS) is 11.1. The predicted molar refractivity (Wildman–Crippen MR) is 34.6 cm³/mol. The van der Waals surface area contributed by atoms with Crippen LogP contribution in [0.2, 0.25) is 0 Å². The lowest BCUT2D eigenvalue weighted by atomic mass is 10.3. The van der Waals surface area contributed by atoms with Crippen LogP contribution >= 0.6 is 0 Å². The van der Waals surface area contributed by atoms with Crippen LogP contribution in [-0.4, -0.2) is 16.9 Å². The second-order valence-corrected chi connectivity index (χ2v) is 1.62. The van der Waals surface area contributed by atoms with Crippen molar-refractivity contribution in [2.45, 2.75) is 20.3 Å². The minimum absolute atomic E-state index is 0.764. The molecular weight excluding hydrogens is 120 g/mol. The van der Waals surface area contributed by atoms with Gasteiger partial charge in [-0.15, -0.1) is 0 Å². The van der Waals surface area contributed by atoms with Crippen molar-refractivity contribution in [1.29, 1.82) is 0 Å². The highest BCUT2D eigenvalue weighted by molar-refractivity contribution is 5.82. The maximum atomic E-state index is 9.80. The molecule has 0 aromatic carbocycles. The van der Waals surface area contributed by atoms with Crippen molar-refractivity contribution in [1.82, 2.24) is 5.43 Å². The molecule has 9 heavy (non-hydrogen) atoms. The van der Waals surface area contributed by atoms with Crippen LogP contribution in [0.4, 0.5) is 4.79 Å². The van der Waals surface area contributed by atoms with E-state index >= 15 is 0 Å². The second kappa shape index (κ2) is 3.88. The van der Waals surface area contributed by atoms with Gasteiger partial charge in [0.2, 0.25) is 0 Å². The molecule has 2 N–H and O–H groups in total. The fourth-order valence-electron chi connectivity index (χ4n) is 0.222. The lowest BCUT2D eigenvalue weighted by molar-refractivity contribution is 0.195. The lowest BCUT2D eigenvalue weighted by Gasteiger charge is -1.92. The summed E-state index contributed by atoms with van der Waals surface area (Å²) in [7, 11) is 0. The molecule has 0 aromatic rings. The van der Waals surface area contributed by atoms with Crippen molar-refractivity contribution >= 4 is 11.8 Å². The summed E-state index contributed by atoms with van der Waals surface area (Å²) < 4.78 is 0. The Hall–Kier alpha value is -1.06. The van der Waals surface area contributed by atoms with Crippen molar-refractivity contribution in [3.8, 4) is 0 Å². The highest BCUT2D eigenvalue weighted by Crippen LogP contribution is 1.79. The molecule has 0 atom stereocenters. The zero-order valence-corrected chi connectivity index (χ0v) is 5.51. The van der Waals surface area contributed by atoms with Gasteiger partial charge in [0, 0.05) is 5.71 Å². The van der Waals surface area contributed by atoms with Crippen molar-refractivity contribution in [2.75, 3.05) is 0 Å². The molecule has 0 aliphatic rings. The van der Waals surface area contributed by atoms with Crippen LogP contribution in [0.5, 0.6) is 0 Å². The number of nitrogens with one attached hydrogen (secondary N) is 1. The number of nitrogens with zero attached hydrogens (tertiary/aromatic N) is 1. The third-order valence-corrected chi connectivity index (χ3v) is 0.854. The van der Waals surface area contributed by atoms with Crippen LogP contribution in [0.15, 0.2) is 5.10 Å². The maximum Gasteiger partial charge on any atom is 0.425 e. The molecule has 0 radical (unpaired) electrons. The second-order valence-electron chi connectivity index (χ2n) is 1.62. The van der Waals surface area contributed by atoms with E-state index in [1.54, 1.807) is 6.92 Å². The minimum Gasteiger partial charge on any atom is -0.464 e. The van der Waals surface area contributed by atoms with E-state index in [-0.39, 0.29) is 0 Å². The third-order valence-electron chi connectivity index (χ3n) is 0.854. The number of hydrogen-bond donors (Lipinski definition) is 2. The molecule has 0 spiro atoms. The van der Waals surface area contributed by atoms with Gasteiger partial charge in [-0.1, -0.05) is 6.92 Å². The molecule has 4 heteroatoms. The largest absolute Gasteiger partial charge is 0.464 e. The van der Waals surface area contributed by atoms with Gasteiger partial charge in [0.1, 0.15) is 0 Å². The van der Waals surface area contributed by atoms with E-state index in [1.807, 2.05) is 12.3 Å². The van der Waals surface area contributed by atoms with Crippen molar-refractivity contribution < 1.29 is 9.90 Å². The number of amides is 1. The number of carbonyl (C=O) groups is 1. The number of hydrogen-bond acceptors (Lipinski definition) is 2. The fraction of sp³-hybridized carbons (Fsp3) is 0.600. The minimum atomic E-state index is -1.12. The molecule has 0 saturated carbocycles. The Morgan fingerprint density at radius 1 is 1.78 bits per heavy atom. The first-order valence-electron chi connectivity index (χ1n) is 2.69. The molecule has 4 nitrogen and oxygen atoms in total. The molecule has 0 rings (SSSR count). The van der Waals surface area contributed by atoms with Gasteiger partial charge < -0.3 is 5.11 Å². The first-order chi connectivity index (χ1) is 4.16. The molecule has 0 aromatic heterocycles. The average Bonchev–Trinajstić information content (AvgIpc) is 1.83. The monoisotopic (exact) mass is 130 g/mol. The number of rotatable bonds is 2. The van der Waals surface area contributed by atoms with Gasteiger partial charge in [-0.05, 0) is 13.3 Å². The Bertz CT molecular complexity index is 131. The highest BCUT2D eigenvalue weighted by Gasteiger charge is 1.88. The van der Waals surface area contributed by atoms with E-state index in [0.717, 1.165) is 12.1 Å². The number of hydrazone groups is 1. The topological polar surface area (TPSA) is 61.7 Å². The standard InChI is InChI=1S/C5H10N2O2/c1-3-4(2)6-7-5(8)9/h7H,3H2,1-2H3,(H,8,9)/b6-4-. The summed E-state index contributed by atoms with van der Waals surface area (Å²) in [5.41, 5.74) is 2.68. The third kappa shape index (κ3) is 4.80. The van der Waals surface area contributed by atoms with Gasteiger partial charge in [-0.3, -0.25) is 0 Å². The Morgan fingerprint density at radius 2 is 2.33 bits per heavy atom. The summed E-state index contributed by atoms with van der Waals surface area (Å²) in [5.74, 6) is 0. The van der Waals surface area contributed by atoms with Crippen LogP contribution < -0.4 is 5.43 Å². The Labute approximate surface area is 53.6 Å². The molecule has 0 aliphatic heterocycles. The molecule has 0 bridgehead atoms. The summed E-state index contributed by atoms with van der Waals surface area (Å²) in [5, 5.41) is 11.5. The molecule has 0 aliphatic carbocycles. The Morgan fingerprint density at radius 3 is 2.67 bits per heavy atom. The molecular formula is C5H10N2O2. The van der Waals surface area contributed by atoms with Crippen LogP contribution in [0.3, 0.4) is 0 Å². The maximum absolute atomic E-state index is 9.80. The first-order valence-corrected chi connectivity index (χ1v) is 2.69. The van der Waals surface area contributed by atoms with Gasteiger partial charge in [-0.25, -0.2) is 10.2 Å². The van der Waals surface area contributed by atoms with Crippen LogP contribution in [0, 0.1) is 0 Å². The van der Waals surface area contributed by atoms with E-state index < -0.39 is 6.09 Å². The lowest BCUT2D eigenvalue weighted by Crippen LogP contribution is -2.15. The smallest absolute Gasteiger partial charge is 0.425 e. The van der Waals surface area contributed by atoms with Crippen LogP contribution in [0.25, 0.3) is 0 Å². The van der Waals surface area contributed by atoms with Gasteiger partial charge in [-0.2, -0.15) is 5.10 Å². The van der Waals surface area contributed by atoms with E-state index in [4.69, 9.17) is 5.11 Å². The molecule has 0 fully saturated rings. The van der Waals surface area contributed by atoms with E-state index in [0.29, 0.717) is 0 Å². The zero-order valence-electron chi connectivity index (χ0n) is 5.51. The van der Waals surface area contributed by atoms with Crippen LogP contribution in [0.1, 0.15) is 20.3 Å². The summed E-state index contributed by atoms with van der Waals surface area (Å²) in [6.07, 6.45) is -0.358. The quantitative estimate of drug-likeness (QED) is 0.433. The van der Waals surface area contributed by atoms with Crippen LogP contribution in [-0.2, 0) is 0 Å². The summed E-state index contributed by atoms with van der Waals surface area (Å²) >= 11 is 0. The fourth-order valence-corrected chi connectivity index (χ4v) is 0.222. The predicted octanol–water partition coefficient (Wildman–Crippen LogP) is 1.04. The van der Waals surface area contributed by atoms with Crippen molar-refractivity contribution in [2.24, 2.45) is 5.10 Å². The van der Waals surface area contributed by atoms with Gasteiger partial charge >= 0.3 is 6.09 Å². The molecule has 1 amide bonds. The molecule has 0 saturated heterocycles. The molecule has 52 valence electrons.